The third-order valence-corrected chi connectivity index (χ3v) is 5.69. The SMILES string of the molecule is C#CCOc1ccc2c(c1)c(-c1ccc(C3CC3)cc1)nc(=O)n2Cc1ccccc1. The van der Waals surface area contributed by atoms with E-state index in [0.29, 0.717) is 23.9 Å². The van der Waals surface area contributed by atoms with Crippen molar-refractivity contribution in [1.29, 1.82) is 0 Å². The molecule has 1 aromatic heterocycles. The number of nitrogens with zero attached hydrogens (tertiary/aromatic N) is 2. The van der Waals surface area contributed by atoms with E-state index >= 15 is 0 Å². The molecule has 152 valence electrons. The van der Waals surface area contributed by atoms with Crippen LogP contribution in [-0.2, 0) is 6.54 Å². The van der Waals surface area contributed by atoms with Crippen LogP contribution in [0.25, 0.3) is 22.2 Å². The van der Waals surface area contributed by atoms with E-state index < -0.39 is 0 Å². The Kier molecular flexibility index (Phi) is 5.01. The molecule has 0 N–H and O–H groups in total. The Morgan fingerprint density at radius 2 is 1.81 bits per heavy atom. The zero-order valence-electron chi connectivity index (χ0n) is 17.1. The summed E-state index contributed by atoms with van der Waals surface area (Å²) in [4.78, 5) is 17.6. The molecular formula is C27H22N2O2. The van der Waals surface area contributed by atoms with E-state index in [1.54, 1.807) is 4.57 Å². The third kappa shape index (κ3) is 3.95. The maximum absolute atomic E-state index is 13.1. The van der Waals surface area contributed by atoms with Crippen LogP contribution in [0.15, 0.2) is 77.6 Å². The first-order chi connectivity index (χ1) is 15.2. The van der Waals surface area contributed by atoms with Gasteiger partial charge in [-0.1, -0.05) is 60.5 Å². The molecule has 0 radical (unpaired) electrons. The molecule has 0 atom stereocenters. The fourth-order valence-corrected chi connectivity index (χ4v) is 3.94. The molecule has 1 fully saturated rings. The Labute approximate surface area is 181 Å². The van der Waals surface area contributed by atoms with Gasteiger partial charge in [0.05, 0.1) is 17.8 Å². The molecule has 4 aromatic rings. The predicted molar refractivity (Wildman–Crippen MR) is 123 cm³/mol. The minimum absolute atomic E-state index is 0.189. The van der Waals surface area contributed by atoms with Crippen molar-refractivity contribution in [3.8, 4) is 29.4 Å². The minimum Gasteiger partial charge on any atom is -0.481 e. The van der Waals surface area contributed by atoms with Crippen LogP contribution in [0.2, 0.25) is 0 Å². The zero-order chi connectivity index (χ0) is 21.2. The first-order valence-corrected chi connectivity index (χ1v) is 10.5. The second-order valence-electron chi connectivity index (χ2n) is 7.88. The largest absolute Gasteiger partial charge is 0.481 e. The van der Waals surface area contributed by atoms with E-state index in [-0.39, 0.29) is 12.3 Å². The molecule has 5 rings (SSSR count). The normalized spacial score (nSPS) is 13.1. The molecule has 31 heavy (non-hydrogen) atoms. The first-order valence-electron chi connectivity index (χ1n) is 10.5. The third-order valence-electron chi connectivity index (χ3n) is 5.69. The van der Waals surface area contributed by atoms with Crippen LogP contribution in [0, 0.1) is 12.3 Å². The number of benzene rings is 3. The van der Waals surface area contributed by atoms with Crippen LogP contribution in [0.5, 0.6) is 5.75 Å². The second-order valence-corrected chi connectivity index (χ2v) is 7.88. The van der Waals surface area contributed by atoms with Crippen molar-refractivity contribution in [2.24, 2.45) is 0 Å². The van der Waals surface area contributed by atoms with Crippen LogP contribution in [-0.4, -0.2) is 16.2 Å². The molecule has 0 amide bonds. The highest BCUT2D eigenvalue weighted by Gasteiger charge is 2.23. The molecule has 1 aliphatic carbocycles. The van der Waals surface area contributed by atoms with Crippen LogP contribution in [0.3, 0.4) is 0 Å². The maximum atomic E-state index is 13.1. The smallest absolute Gasteiger partial charge is 0.348 e. The molecule has 1 aliphatic rings. The lowest BCUT2D eigenvalue weighted by molar-refractivity contribution is 0.371. The Balaban J connectivity index is 1.65. The van der Waals surface area contributed by atoms with Gasteiger partial charge < -0.3 is 4.74 Å². The molecule has 4 heteroatoms. The molecule has 0 bridgehead atoms. The molecular weight excluding hydrogens is 384 g/mol. The van der Waals surface area contributed by atoms with Crippen LogP contribution >= 0.6 is 0 Å². The van der Waals surface area contributed by atoms with Gasteiger partial charge in [-0.15, -0.1) is 6.42 Å². The Morgan fingerprint density at radius 3 is 2.52 bits per heavy atom. The summed E-state index contributed by atoms with van der Waals surface area (Å²) in [5.74, 6) is 3.84. The first kappa shape index (κ1) is 19.1. The van der Waals surface area contributed by atoms with E-state index in [1.165, 1.54) is 18.4 Å². The van der Waals surface area contributed by atoms with Crippen LogP contribution in [0.4, 0.5) is 0 Å². The van der Waals surface area contributed by atoms with Gasteiger partial charge in [0.2, 0.25) is 0 Å². The van der Waals surface area contributed by atoms with Gasteiger partial charge in [0, 0.05) is 10.9 Å². The summed E-state index contributed by atoms with van der Waals surface area (Å²) in [7, 11) is 0. The zero-order valence-corrected chi connectivity index (χ0v) is 17.1. The summed E-state index contributed by atoms with van der Waals surface area (Å²) < 4.78 is 7.36. The molecule has 3 aromatic carbocycles. The van der Waals surface area contributed by atoms with E-state index in [1.807, 2.05) is 48.5 Å². The van der Waals surface area contributed by atoms with E-state index in [0.717, 1.165) is 22.0 Å². The summed E-state index contributed by atoms with van der Waals surface area (Å²) in [6, 6.07) is 24.0. The Bertz CT molecular complexity index is 1330. The lowest BCUT2D eigenvalue weighted by atomic mass is 10.0. The predicted octanol–water partition coefficient (Wildman–Crippen LogP) is 5.00. The summed E-state index contributed by atoms with van der Waals surface area (Å²) in [6.07, 6.45) is 7.86. The standard InChI is InChI=1S/C27H22N2O2/c1-2-16-31-23-14-15-25-24(17-23)26(22-12-10-21(11-13-22)20-8-9-20)28-27(30)29(25)18-19-6-4-3-5-7-19/h1,3-7,10-15,17,20H,8-9,16,18H2. The minimum atomic E-state index is -0.269. The van der Waals surface area contributed by atoms with Gasteiger partial charge in [0.1, 0.15) is 12.4 Å². The van der Waals surface area contributed by atoms with Crippen molar-refractivity contribution < 1.29 is 4.74 Å². The van der Waals surface area contributed by atoms with Gasteiger partial charge in [0.15, 0.2) is 0 Å². The highest BCUT2D eigenvalue weighted by Crippen LogP contribution is 2.40. The molecule has 1 saturated carbocycles. The lowest BCUT2D eigenvalue weighted by Crippen LogP contribution is -2.24. The number of hydrogen-bond donors (Lipinski definition) is 0. The van der Waals surface area contributed by atoms with Crippen molar-refractivity contribution in [3.63, 3.8) is 0 Å². The molecule has 0 aliphatic heterocycles. The average Bonchev–Trinajstić information content (AvgIpc) is 3.66. The topological polar surface area (TPSA) is 44.1 Å². The van der Waals surface area contributed by atoms with Crippen molar-refractivity contribution in [2.75, 3.05) is 6.61 Å². The molecule has 4 nitrogen and oxygen atoms in total. The maximum Gasteiger partial charge on any atom is 0.348 e. The number of terminal acetylenes is 1. The fraction of sp³-hybridized carbons (Fsp3) is 0.185. The summed E-state index contributed by atoms with van der Waals surface area (Å²) in [5, 5.41) is 0.865. The highest BCUT2D eigenvalue weighted by atomic mass is 16.5. The van der Waals surface area contributed by atoms with Gasteiger partial charge in [-0.05, 0) is 48.1 Å². The van der Waals surface area contributed by atoms with Gasteiger partial charge in [-0.2, -0.15) is 4.98 Å². The fourth-order valence-electron chi connectivity index (χ4n) is 3.94. The van der Waals surface area contributed by atoms with Crippen molar-refractivity contribution in [3.05, 3.63) is 94.4 Å². The van der Waals surface area contributed by atoms with Crippen molar-refractivity contribution >= 4 is 10.9 Å². The Hall–Kier alpha value is -3.84. The molecule has 0 unspecified atom stereocenters. The monoisotopic (exact) mass is 406 g/mol. The Morgan fingerprint density at radius 1 is 1.03 bits per heavy atom. The lowest BCUT2D eigenvalue weighted by Gasteiger charge is -2.14. The second kappa shape index (κ2) is 8.12. The van der Waals surface area contributed by atoms with Crippen LogP contribution < -0.4 is 10.4 Å². The quantitative estimate of drug-likeness (QED) is 0.423. The van der Waals surface area contributed by atoms with Gasteiger partial charge in [-0.25, -0.2) is 4.79 Å². The molecule has 0 spiro atoms. The number of fused-ring (bicyclic) bond motifs is 1. The average molecular weight is 406 g/mol. The van der Waals surface area contributed by atoms with Crippen LogP contribution in [0.1, 0.15) is 29.9 Å². The highest BCUT2D eigenvalue weighted by molar-refractivity contribution is 5.93. The van der Waals surface area contributed by atoms with Crippen molar-refractivity contribution in [1.82, 2.24) is 9.55 Å². The summed E-state index contributed by atoms with van der Waals surface area (Å²) in [6.45, 7) is 0.642. The van der Waals surface area contributed by atoms with Gasteiger partial charge in [-0.3, -0.25) is 4.57 Å². The molecule has 1 heterocycles. The van der Waals surface area contributed by atoms with Gasteiger partial charge >= 0.3 is 5.69 Å². The van der Waals surface area contributed by atoms with E-state index in [9.17, 15) is 4.79 Å². The number of hydrogen-bond acceptors (Lipinski definition) is 3. The number of ether oxygens (including phenoxy) is 1. The van der Waals surface area contributed by atoms with Gasteiger partial charge in [0.25, 0.3) is 0 Å². The number of rotatable bonds is 6. The van der Waals surface area contributed by atoms with E-state index in [2.05, 4.69) is 35.2 Å². The van der Waals surface area contributed by atoms with E-state index in [4.69, 9.17) is 11.2 Å². The number of aromatic nitrogens is 2. The van der Waals surface area contributed by atoms with Crippen molar-refractivity contribution in [2.45, 2.75) is 25.3 Å². The summed E-state index contributed by atoms with van der Waals surface area (Å²) in [5.41, 5.74) is 4.53. The molecule has 0 saturated heterocycles. The summed E-state index contributed by atoms with van der Waals surface area (Å²) >= 11 is 0.